The molecule has 0 radical (unpaired) electrons. The lowest BCUT2D eigenvalue weighted by molar-refractivity contribution is -0.140. The molecule has 3 aromatic carbocycles. The van der Waals surface area contributed by atoms with Gasteiger partial charge in [0.25, 0.3) is 10.0 Å². The summed E-state index contributed by atoms with van der Waals surface area (Å²) < 4.78 is 54.1. The lowest BCUT2D eigenvalue weighted by Gasteiger charge is -2.34. The second-order valence-corrected chi connectivity index (χ2v) is 12.2. The smallest absolute Gasteiger partial charge is 0.264 e. The molecular formula is C31H36FN3O6S. The van der Waals surface area contributed by atoms with Crippen molar-refractivity contribution in [2.45, 2.75) is 57.6 Å². The number of carbonyl (C=O) groups is 2. The number of sulfonamides is 1. The van der Waals surface area contributed by atoms with Gasteiger partial charge in [-0.25, -0.2) is 12.8 Å². The Kier molecular flexibility index (Phi) is 9.72. The maximum Gasteiger partial charge on any atom is 0.264 e. The van der Waals surface area contributed by atoms with Crippen molar-refractivity contribution in [3.8, 4) is 11.5 Å². The van der Waals surface area contributed by atoms with E-state index in [9.17, 15) is 22.4 Å². The number of hydrogen-bond donors (Lipinski definition) is 1. The topological polar surface area (TPSA) is 105 Å². The first kappa shape index (κ1) is 30.8. The molecule has 0 bridgehead atoms. The summed E-state index contributed by atoms with van der Waals surface area (Å²) in [4.78, 5) is 28.7. The zero-order valence-electron chi connectivity index (χ0n) is 24.2. The Morgan fingerprint density at radius 3 is 2.29 bits per heavy atom. The lowest BCUT2D eigenvalue weighted by atomic mass is 10.1. The monoisotopic (exact) mass is 597 g/mol. The average molecular weight is 598 g/mol. The molecule has 1 aliphatic heterocycles. The van der Waals surface area contributed by atoms with Gasteiger partial charge in [-0.15, -0.1) is 0 Å². The normalized spacial score (nSPS) is 13.4. The molecule has 1 aliphatic rings. The van der Waals surface area contributed by atoms with Gasteiger partial charge in [0, 0.05) is 18.7 Å². The predicted molar refractivity (Wildman–Crippen MR) is 157 cm³/mol. The highest BCUT2D eigenvalue weighted by molar-refractivity contribution is 7.92. The summed E-state index contributed by atoms with van der Waals surface area (Å²) in [6, 6.07) is 15.6. The van der Waals surface area contributed by atoms with Crippen LogP contribution in [0.3, 0.4) is 0 Å². The summed E-state index contributed by atoms with van der Waals surface area (Å²) >= 11 is 0. The molecule has 9 nitrogen and oxygen atoms in total. The molecule has 0 aliphatic carbocycles. The Morgan fingerprint density at radius 2 is 1.64 bits per heavy atom. The molecule has 11 heteroatoms. The number of hydrogen-bond acceptors (Lipinski definition) is 6. The van der Waals surface area contributed by atoms with Crippen LogP contribution in [0.15, 0.2) is 71.6 Å². The molecule has 0 aromatic heterocycles. The predicted octanol–water partition coefficient (Wildman–Crippen LogP) is 4.43. The molecule has 0 fully saturated rings. The van der Waals surface area contributed by atoms with Gasteiger partial charge in [-0.1, -0.05) is 31.2 Å². The Hall–Kier alpha value is -4.12. The molecule has 3 aromatic rings. The van der Waals surface area contributed by atoms with Crippen LogP contribution in [0.1, 0.15) is 38.3 Å². The van der Waals surface area contributed by atoms with Crippen molar-refractivity contribution in [3.63, 3.8) is 0 Å². The van der Waals surface area contributed by atoms with Crippen molar-refractivity contribution >= 4 is 27.5 Å². The summed E-state index contributed by atoms with van der Waals surface area (Å²) in [5.74, 6) is -0.799. The zero-order valence-corrected chi connectivity index (χ0v) is 25.0. The third-order valence-electron chi connectivity index (χ3n) is 6.91. The first-order chi connectivity index (χ1) is 20.0. The molecular weight excluding hydrogens is 561 g/mol. The van der Waals surface area contributed by atoms with E-state index < -0.39 is 34.3 Å². The van der Waals surface area contributed by atoms with Crippen molar-refractivity contribution in [2.75, 3.05) is 24.1 Å². The third kappa shape index (κ3) is 7.02. The minimum absolute atomic E-state index is 0.0927. The van der Waals surface area contributed by atoms with Crippen LogP contribution in [0, 0.1) is 12.7 Å². The van der Waals surface area contributed by atoms with Gasteiger partial charge >= 0.3 is 0 Å². The van der Waals surface area contributed by atoms with E-state index in [1.807, 2.05) is 45.0 Å². The molecule has 42 heavy (non-hydrogen) atoms. The standard InChI is InChI=1S/C31H36FN3O6S/c1-5-27(31(37)33-21(2)3)34(19-23-9-7-6-8-22(23)4)30(36)20-35(25-12-10-24(32)11-13-25)42(38,39)26-14-15-28-29(18-26)41-17-16-40-28/h6-15,18,21,27H,5,16-17,19-20H2,1-4H3,(H,33,37). The molecule has 2 amide bonds. The Labute approximate surface area is 246 Å². The van der Waals surface area contributed by atoms with Crippen LogP contribution in [0.5, 0.6) is 11.5 Å². The zero-order chi connectivity index (χ0) is 30.4. The summed E-state index contributed by atoms with van der Waals surface area (Å²) in [6.45, 7) is 7.44. The minimum atomic E-state index is -4.35. The first-order valence-corrected chi connectivity index (χ1v) is 15.3. The summed E-state index contributed by atoms with van der Waals surface area (Å²) in [5, 5.41) is 2.87. The Morgan fingerprint density at radius 1 is 0.976 bits per heavy atom. The molecule has 0 saturated heterocycles. The Bertz CT molecular complexity index is 1530. The van der Waals surface area contributed by atoms with E-state index in [1.165, 1.54) is 35.2 Å². The van der Waals surface area contributed by atoms with Gasteiger partial charge in [-0.3, -0.25) is 13.9 Å². The van der Waals surface area contributed by atoms with Crippen LogP contribution in [-0.4, -0.2) is 57.0 Å². The highest BCUT2D eigenvalue weighted by Gasteiger charge is 2.34. The van der Waals surface area contributed by atoms with Crippen LogP contribution < -0.4 is 19.1 Å². The summed E-state index contributed by atoms with van der Waals surface area (Å²) in [5.41, 5.74) is 1.84. The second kappa shape index (κ2) is 13.2. The third-order valence-corrected chi connectivity index (χ3v) is 8.68. The van der Waals surface area contributed by atoms with Gasteiger partial charge < -0.3 is 19.7 Å². The SMILES string of the molecule is CCC(C(=O)NC(C)C)N(Cc1ccccc1C)C(=O)CN(c1ccc(F)cc1)S(=O)(=O)c1ccc2c(c1)OCCO2. The molecule has 1 N–H and O–H groups in total. The van der Waals surface area contributed by atoms with Crippen molar-refractivity contribution in [1.29, 1.82) is 0 Å². The quantitative estimate of drug-likeness (QED) is 0.351. The average Bonchev–Trinajstić information content (AvgIpc) is 2.96. The van der Waals surface area contributed by atoms with Gasteiger partial charge in [0.05, 0.1) is 10.6 Å². The van der Waals surface area contributed by atoms with Crippen molar-refractivity contribution in [1.82, 2.24) is 10.2 Å². The fourth-order valence-electron chi connectivity index (χ4n) is 4.72. The fourth-order valence-corrected chi connectivity index (χ4v) is 6.15. The lowest BCUT2D eigenvalue weighted by Crippen LogP contribution is -2.53. The van der Waals surface area contributed by atoms with Crippen LogP contribution in [0.4, 0.5) is 10.1 Å². The maximum absolute atomic E-state index is 14.1. The number of nitrogens with one attached hydrogen (secondary N) is 1. The number of benzene rings is 3. The Balaban J connectivity index is 1.75. The number of ether oxygens (including phenoxy) is 2. The number of rotatable bonds is 11. The molecule has 1 heterocycles. The fraction of sp³-hybridized carbons (Fsp3) is 0.355. The van der Waals surface area contributed by atoms with Crippen LogP contribution in [0.25, 0.3) is 0 Å². The number of amides is 2. The van der Waals surface area contributed by atoms with Gasteiger partial charge in [0.15, 0.2) is 11.5 Å². The molecule has 0 spiro atoms. The van der Waals surface area contributed by atoms with Crippen LogP contribution in [-0.2, 0) is 26.2 Å². The van der Waals surface area contributed by atoms with E-state index in [0.717, 1.165) is 27.6 Å². The van der Waals surface area contributed by atoms with Crippen molar-refractivity contribution in [2.24, 2.45) is 0 Å². The highest BCUT2D eigenvalue weighted by atomic mass is 32.2. The summed E-state index contributed by atoms with van der Waals surface area (Å²) in [6.07, 6.45) is 0.307. The number of fused-ring (bicyclic) bond motifs is 1. The van der Waals surface area contributed by atoms with E-state index in [2.05, 4.69) is 5.32 Å². The summed E-state index contributed by atoms with van der Waals surface area (Å²) in [7, 11) is -4.35. The molecule has 1 atom stereocenters. The number of anilines is 1. The number of carbonyl (C=O) groups excluding carboxylic acids is 2. The van der Waals surface area contributed by atoms with Crippen molar-refractivity contribution in [3.05, 3.63) is 83.7 Å². The van der Waals surface area contributed by atoms with E-state index in [4.69, 9.17) is 9.47 Å². The van der Waals surface area contributed by atoms with Crippen LogP contribution in [0.2, 0.25) is 0 Å². The molecule has 224 valence electrons. The van der Waals surface area contributed by atoms with Crippen molar-refractivity contribution < 1.29 is 31.9 Å². The van der Waals surface area contributed by atoms with Crippen LogP contribution >= 0.6 is 0 Å². The van der Waals surface area contributed by atoms with E-state index in [-0.39, 0.29) is 41.4 Å². The van der Waals surface area contributed by atoms with Gasteiger partial charge in [-0.2, -0.15) is 0 Å². The number of aryl methyl sites for hydroxylation is 1. The minimum Gasteiger partial charge on any atom is -0.486 e. The number of nitrogens with zero attached hydrogens (tertiary/aromatic N) is 2. The number of halogens is 1. The maximum atomic E-state index is 14.1. The van der Waals surface area contributed by atoms with E-state index >= 15 is 0 Å². The molecule has 0 saturated carbocycles. The van der Waals surface area contributed by atoms with E-state index in [0.29, 0.717) is 18.8 Å². The first-order valence-electron chi connectivity index (χ1n) is 13.8. The van der Waals surface area contributed by atoms with E-state index in [1.54, 1.807) is 6.92 Å². The molecule has 4 rings (SSSR count). The van der Waals surface area contributed by atoms with Gasteiger partial charge in [0.1, 0.15) is 31.6 Å². The second-order valence-electron chi connectivity index (χ2n) is 10.3. The van der Waals surface area contributed by atoms with Gasteiger partial charge in [0.2, 0.25) is 11.8 Å². The largest absolute Gasteiger partial charge is 0.486 e. The molecule has 1 unspecified atom stereocenters. The van der Waals surface area contributed by atoms with Gasteiger partial charge in [-0.05, 0) is 74.7 Å². The highest BCUT2D eigenvalue weighted by Crippen LogP contribution is 2.34.